The molecule has 1 N–H and O–H groups in total. The Morgan fingerprint density at radius 2 is 1.65 bits per heavy atom. The summed E-state index contributed by atoms with van der Waals surface area (Å²) >= 11 is 0. The normalized spacial score (nSPS) is 12.6. The summed E-state index contributed by atoms with van der Waals surface area (Å²) in [5.41, 5.74) is 0. The molecule has 0 atom stereocenters. The van der Waals surface area contributed by atoms with E-state index in [0.29, 0.717) is 12.1 Å². The molecule has 0 fully saturated rings. The Morgan fingerprint density at radius 3 is 2.10 bits per heavy atom. The van der Waals surface area contributed by atoms with Gasteiger partial charge in [-0.2, -0.15) is 0 Å². The zero-order chi connectivity index (χ0) is 15.5. The zero-order valence-corrected chi connectivity index (χ0v) is 14.7. The number of unbranched alkanes of at least 4 members (excludes halogenated alkanes) is 1. The first-order valence-electron chi connectivity index (χ1n) is 8.11. The van der Waals surface area contributed by atoms with Crippen LogP contribution >= 0.6 is 0 Å². The lowest BCUT2D eigenvalue weighted by molar-refractivity contribution is 0.173. The van der Waals surface area contributed by atoms with Gasteiger partial charge in [-0.3, -0.25) is 9.89 Å². The molecular weight excluding hydrogens is 248 g/mol. The molecule has 0 aliphatic carbocycles. The van der Waals surface area contributed by atoms with Crippen molar-refractivity contribution in [1.82, 2.24) is 15.1 Å². The van der Waals surface area contributed by atoms with Crippen LogP contribution < -0.4 is 5.32 Å². The summed E-state index contributed by atoms with van der Waals surface area (Å²) < 4.78 is 0. The molecular formula is C16H36N4. The second-order valence-electron chi connectivity index (χ2n) is 6.03. The third-order valence-electron chi connectivity index (χ3n) is 3.62. The standard InChI is InChI=1S/C16H36N4/c1-8-9-12-19(7)16(17-6)18-11-10-13-20(14(2)3)15(4)5/h14-15H,8-13H2,1-7H3,(H,17,18). The summed E-state index contributed by atoms with van der Waals surface area (Å²) in [6, 6.07) is 1.23. The summed E-state index contributed by atoms with van der Waals surface area (Å²) in [5, 5.41) is 3.46. The van der Waals surface area contributed by atoms with E-state index in [9.17, 15) is 0 Å². The van der Waals surface area contributed by atoms with E-state index in [4.69, 9.17) is 0 Å². The van der Waals surface area contributed by atoms with E-state index < -0.39 is 0 Å². The SMILES string of the molecule is CCCCN(C)C(=NC)NCCCN(C(C)C)C(C)C. The maximum absolute atomic E-state index is 4.35. The van der Waals surface area contributed by atoms with Crippen LogP contribution in [0.2, 0.25) is 0 Å². The smallest absolute Gasteiger partial charge is 0.193 e. The highest BCUT2D eigenvalue weighted by molar-refractivity contribution is 5.79. The van der Waals surface area contributed by atoms with Crippen LogP contribution in [0.5, 0.6) is 0 Å². The van der Waals surface area contributed by atoms with Crippen molar-refractivity contribution in [2.75, 3.05) is 33.7 Å². The van der Waals surface area contributed by atoms with E-state index in [0.717, 1.165) is 32.0 Å². The lowest BCUT2D eigenvalue weighted by atomic mass is 10.2. The molecule has 0 aliphatic heterocycles. The highest BCUT2D eigenvalue weighted by Gasteiger charge is 2.12. The minimum absolute atomic E-state index is 0.613. The molecule has 120 valence electrons. The number of nitrogens with zero attached hydrogens (tertiary/aromatic N) is 3. The molecule has 0 radical (unpaired) electrons. The number of hydrogen-bond acceptors (Lipinski definition) is 2. The fourth-order valence-electron chi connectivity index (χ4n) is 2.46. The first-order chi connectivity index (χ1) is 9.43. The molecule has 0 rings (SSSR count). The average Bonchev–Trinajstić information content (AvgIpc) is 2.39. The van der Waals surface area contributed by atoms with Crippen molar-refractivity contribution in [2.45, 2.75) is 66.0 Å². The molecule has 0 saturated carbocycles. The average molecular weight is 284 g/mol. The van der Waals surface area contributed by atoms with Gasteiger partial charge in [-0.05, 0) is 40.5 Å². The van der Waals surface area contributed by atoms with Crippen LogP contribution in [0, 0.1) is 0 Å². The van der Waals surface area contributed by atoms with E-state index in [1.54, 1.807) is 0 Å². The Labute approximate surface area is 126 Å². The summed E-state index contributed by atoms with van der Waals surface area (Å²) in [6.07, 6.45) is 3.59. The molecule has 0 amide bonds. The Hall–Kier alpha value is -0.770. The van der Waals surface area contributed by atoms with E-state index in [1.165, 1.54) is 12.8 Å². The van der Waals surface area contributed by atoms with Crippen molar-refractivity contribution >= 4 is 5.96 Å². The molecule has 0 heterocycles. The maximum Gasteiger partial charge on any atom is 0.193 e. The lowest BCUT2D eigenvalue weighted by Gasteiger charge is -2.30. The van der Waals surface area contributed by atoms with E-state index in [2.05, 4.69) is 61.8 Å². The van der Waals surface area contributed by atoms with Crippen LogP contribution in [0.15, 0.2) is 4.99 Å². The molecule has 0 bridgehead atoms. The molecule has 0 spiro atoms. The Balaban J connectivity index is 4.02. The second-order valence-corrected chi connectivity index (χ2v) is 6.03. The van der Waals surface area contributed by atoms with Crippen molar-refractivity contribution in [3.8, 4) is 0 Å². The van der Waals surface area contributed by atoms with Gasteiger partial charge in [0, 0.05) is 45.8 Å². The number of rotatable bonds is 9. The third kappa shape index (κ3) is 7.73. The second kappa shape index (κ2) is 11.0. The van der Waals surface area contributed by atoms with Gasteiger partial charge in [0.2, 0.25) is 0 Å². The van der Waals surface area contributed by atoms with Gasteiger partial charge in [0.15, 0.2) is 5.96 Å². The molecule has 4 heteroatoms. The highest BCUT2D eigenvalue weighted by Crippen LogP contribution is 2.05. The predicted octanol–water partition coefficient (Wildman–Crippen LogP) is 2.80. The van der Waals surface area contributed by atoms with Crippen molar-refractivity contribution in [3.63, 3.8) is 0 Å². The van der Waals surface area contributed by atoms with Crippen molar-refractivity contribution < 1.29 is 0 Å². The Kier molecular flexibility index (Phi) is 10.5. The maximum atomic E-state index is 4.35. The van der Waals surface area contributed by atoms with Crippen LogP contribution in [-0.4, -0.2) is 61.6 Å². The van der Waals surface area contributed by atoms with Crippen LogP contribution in [0.3, 0.4) is 0 Å². The van der Waals surface area contributed by atoms with Gasteiger partial charge in [-0.25, -0.2) is 0 Å². The summed E-state index contributed by atoms with van der Waals surface area (Å²) in [4.78, 5) is 9.09. The fraction of sp³-hybridized carbons (Fsp3) is 0.938. The molecule has 0 saturated heterocycles. The van der Waals surface area contributed by atoms with Gasteiger partial charge in [0.1, 0.15) is 0 Å². The van der Waals surface area contributed by atoms with Gasteiger partial charge in [0.05, 0.1) is 0 Å². The number of guanidine groups is 1. The molecule has 20 heavy (non-hydrogen) atoms. The van der Waals surface area contributed by atoms with E-state index >= 15 is 0 Å². The Bertz CT molecular complexity index is 253. The lowest BCUT2D eigenvalue weighted by Crippen LogP contribution is -2.42. The molecule has 4 nitrogen and oxygen atoms in total. The van der Waals surface area contributed by atoms with Crippen molar-refractivity contribution in [2.24, 2.45) is 4.99 Å². The molecule has 0 aliphatic rings. The number of nitrogens with one attached hydrogen (secondary N) is 1. The van der Waals surface area contributed by atoms with Crippen LogP contribution in [-0.2, 0) is 0 Å². The van der Waals surface area contributed by atoms with Gasteiger partial charge in [-0.15, -0.1) is 0 Å². The van der Waals surface area contributed by atoms with Crippen LogP contribution in [0.4, 0.5) is 0 Å². The first kappa shape index (κ1) is 19.2. The Morgan fingerprint density at radius 1 is 1.05 bits per heavy atom. The predicted molar refractivity (Wildman–Crippen MR) is 90.5 cm³/mol. The van der Waals surface area contributed by atoms with Gasteiger partial charge in [-0.1, -0.05) is 13.3 Å². The largest absolute Gasteiger partial charge is 0.356 e. The third-order valence-corrected chi connectivity index (χ3v) is 3.62. The zero-order valence-electron chi connectivity index (χ0n) is 14.7. The van der Waals surface area contributed by atoms with Crippen LogP contribution in [0.1, 0.15) is 53.9 Å². The van der Waals surface area contributed by atoms with Gasteiger partial charge >= 0.3 is 0 Å². The van der Waals surface area contributed by atoms with Crippen LogP contribution in [0.25, 0.3) is 0 Å². The molecule has 0 aromatic heterocycles. The monoisotopic (exact) mass is 284 g/mol. The molecule has 0 aromatic rings. The first-order valence-corrected chi connectivity index (χ1v) is 8.11. The molecule has 0 unspecified atom stereocenters. The molecule has 0 aromatic carbocycles. The van der Waals surface area contributed by atoms with E-state index in [-0.39, 0.29) is 0 Å². The number of aliphatic imine (C=N–C) groups is 1. The van der Waals surface area contributed by atoms with Gasteiger partial charge < -0.3 is 10.2 Å². The quantitative estimate of drug-likeness (QED) is 0.401. The van der Waals surface area contributed by atoms with Crippen molar-refractivity contribution in [1.29, 1.82) is 0 Å². The fourth-order valence-corrected chi connectivity index (χ4v) is 2.46. The summed E-state index contributed by atoms with van der Waals surface area (Å²) in [7, 11) is 3.97. The minimum Gasteiger partial charge on any atom is -0.356 e. The number of hydrogen-bond donors (Lipinski definition) is 1. The summed E-state index contributed by atoms with van der Waals surface area (Å²) in [6.45, 7) is 14.5. The minimum atomic E-state index is 0.613. The van der Waals surface area contributed by atoms with Crippen molar-refractivity contribution in [3.05, 3.63) is 0 Å². The summed E-state index contributed by atoms with van der Waals surface area (Å²) in [5.74, 6) is 1.01. The van der Waals surface area contributed by atoms with Gasteiger partial charge in [0.25, 0.3) is 0 Å². The van der Waals surface area contributed by atoms with E-state index in [1.807, 2.05) is 7.05 Å². The topological polar surface area (TPSA) is 30.9 Å². The highest BCUT2D eigenvalue weighted by atomic mass is 15.3.